The lowest BCUT2D eigenvalue weighted by molar-refractivity contribution is -0.139. The van der Waals surface area contributed by atoms with Gasteiger partial charge < -0.3 is 15.5 Å². The number of carboxylic acid groups (broad SMARTS) is 1. The average Bonchev–Trinajstić information content (AvgIpc) is 2.61. The fourth-order valence-corrected chi connectivity index (χ4v) is 2.61. The summed E-state index contributed by atoms with van der Waals surface area (Å²) in [6, 6.07) is 0.0446. The number of aliphatic carboxylic acids is 1. The monoisotopic (exact) mass is 257 g/mol. The molecule has 3 N–H and O–H groups in total. The zero-order valence-electron chi connectivity index (χ0n) is 11.1. The molecular weight excluding hydrogens is 234 g/mol. The van der Waals surface area contributed by atoms with Crippen LogP contribution in [0.1, 0.15) is 46.0 Å². The number of aliphatic hydroxyl groups excluding tert-OH is 1. The van der Waals surface area contributed by atoms with Crippen molar-refractivity contribution in [3.05, 3.63) is 0 Å². The van der Waals surface area contributed by atoms with Crippen LogP contribution in [0.3, 0.4) is 0 Å². The van der Waals surface area contributed by atoms with E-state index in [9.17, 15) is 14.7 Å². The molecule has 0 aliphatic heterocycles. The van der Waals surface area contributed by atoms with Gasteiger partial charge in [0.15, 0.2) is 0 Å². The van der Waals surface area contributed by atoms with Crippen LogP contribution in [-0.2, 0) is 9.59 Å². The van der Waals surface area contributed by atoms with E-state index in [0.717, 1.165) is 19.3 Å². The Morgan fingerprint density at radius 1 is 1.28 bits per heavy atom. The maximum absolute atomic E-state index is 11.9. The summed E-state index contributed by atoms with van der Waals surface area (Å²) in [4.78, 5) is 22.5. The minimum atomic E-state index is -0.887. The van der Waals surface area contributed by atoms with E-state index in [1.165, 1.54) is 0 Å². The van der Waals surface area contributed by atoms with Gasteiger partial charge in [0.05, 0.1) is 6.42 Å². The molecule has 0 aromatic rings. The van der Waals surface area contributed by atoms with Crippen LogP contribution in [0.25, 0.3) is 0 Å². The molecule has 0 bridgehead atoms. The molecule has 5 heteroatoms. The maximum Gasteiger partial charge on any atom is 0.303 e. The molecule has 1 fully saturated rings. The van der Waals surface area contributed by atoms with Crippen LogP contribution in [0.15, 0.2) is 0 Å². The summed E-state index contributed by atoms with van der Waals surface area (Å²) in [7, 11) is 0. The normalized spacial score (nSPS) is 23.9. The highest BCUT2D eigenvalue weighted by Crippen LogP contribution is 2.27. The van der Waals surface area contributed by atoms with E-state index in [2.05, 4.69) is 5.32 Å². The Bertz CT molecular complexity index is 314. The van der Waals surface area contributed by atoms with Crippen LogP contribution in [0, 0.1) is 11.3 Å². The van der Waals surface area contributed by atoms with Gasteiger partial charge in [0.2, 0.25) is 5.91 Å². The van der Waals surface area contributed by atoms with Gasteiger partial charge in [-0.1, -0.05) is 20.3 Å². The minimum absolute atomic E-state index is 0.0193. The van der Waals surface area contributed by atoms with E-state index in [1.54, 1.807) is 13.8 Å². The van der Waals surface area contributed by atoms with Crippen molar-refractivity contribution in [3.8, 4) is 0 Å². The quantitative estimate of drug-likeness (QED) is 0.666. The van der Waals surface area contributed by atoms with Gasteiger partial charge in [0.1, 0.15) is 0 Å². The van der Waals surface area contributed by atoms with E-state index in [1.807, 2.05) is 0 Å². The summed E-state index contributed by atoms with van der Waals surface area (Å²) < 4.78 is 0. The first-order valence-electron chi connectivity index (χ1n) is 6.46. The Labute approximate surface area is 108 Å². The molecule has 0 aromatic carbocycles. The highest BCUT2D eigenvalue weighted by atomic mass is 16.4. The van der Waals surface area contributed by atoms with E-state index < -0.39 is 11.4 Å². The van der Waals surface area contributed by atoms with Gasteiger partial charge in [0.25, 0.3) is 0 Å². The smallest absolute Gasteiger partial charge is 0.303 e. The number of aliphatic hydroxyl groups is 1. The van der Waals surface area contributed by atoms with Crippen LogP contribution in [-0.4, -0.2) is 34.7 Å². The predicted molar refractivity (Wildman–Crippen MR) is 67.0 cm³/mol. The summed E-state index contributed by atoms with van der Waals surface area (Å²) in [5.41, 5.74) is -0.538. The minimum Gasteiger partial charge on any atom is -0.481 e. The number of rotatable bonds is 6. The molecular formula is C13H23NO4. The number of carbonyl (C=O) groups is 2. The van der Waals surface area contributed by atoms with Gasteiger partial charge in [0, 0.05) is 25.0 Å². The molecule has 1 rings (SSSR count). The van der Waals surface area contributed by atoms with E-state index >= 15 is 0 Å². The van der Waals surface area contributed by atoms with Gasteiger partial charge >= 0.3 is 5.97 Å². The molecule has 2 unspecified atom stereocenters. The lowest BCUT2D eigenvalue weighted by Crippen LogP contribution is -2.40. The van der Waals surface area contributed by atoms with E-state index in [0.29, 0.717) is 0 Å². The predicted octanol–water partition coefficient (Wildman–Crippen LogP) is 1.15. The lowest BCUT2D eigenvalue weighted by Gasteiger charge is -2.24. The Balaban J connectivity index is 2.43. The Hall–Kier alpha value is -1.10. The van der Waals surface area contributed by atoms with E-state index in [4.69, 9.17) is 5.11 Å². The lowest BCUT2D eigenvalue weighted by atomic mass is 9.85. The first-order valence-corrected chi connectivity index (χ1v) is 6.46. The second-order valence-electron chi connectivity index (χ2n) is 5.96. The van der Waals surface area contributed by atoms with Crippen LogP contribution < -0.4 is 5.32 Å². The number of hydrogen-bond donors (Lipinski definition) is 3. The highest BCUT2D eigenvalue weighted by Gasteiger charge is 2.30. The third-order valence-corrected chi connectivity index (χ3v) is 3.51. The molecule has 104 valence electrons. The first kappa shape index (κ1) is 15.0. The van der Waals surface area contributed by atoms with Crippen molar-refractivity contribution in [1.82, 2.24) is 5.32 Å². The zero-order valence-corrected chi connectivity index (χ0v) is 11.1. The summed E-state index contributed by atoms with van der Waals surface area (Å²) in [6.45, 7) is 3.65. The van der Waals surface area contributed by atoms with Gasteiger partial charge in [-0.3, -0.25) is 9.59 Å². The van der Waals surface area contributed by atoms with Crippen molar-refractivity contribution in [2.75, 3.05) is 6.61 Å². The summed E-state index contributed by atoms with van der Waals surface area (Å²) in [6.07, 6.45) is 3.05. The van der Waals surface area contributed by atoms with Crippen molar-refractivity contribution in [1.29, 1.82) is 0 Å². The molecule has 1 aliphatic rings. The molecule has 2 atom stereocenters. The molecule has 0 spiro atoms. The SMILES string of the molecule is CC(C)(CC(=O)O)CC(=O)NC1CCCC1CO. The van der Waals surface area contributed by atoms with Crippen LogP contribution in [0.5, 0.6) is 0 Å². The second-order valence-corrected chi connectivity index (χ2v) is 5.96. The summed E-state index contributed by atoms with van der Waals surface area (Å²) in [5.74, 6) is -0.856. The number of carbonyl (C=O) groups excluding carboxylic acids is 1. The third kappa shape index (κ3) is 4.64. The fraction of sp³-hybridized carbons (Fsp3) is 0.846. The van der Waals surface area contributed by atoms with Crippen molar-refractivity contribution in [3.63, 3.8) is 0 Å². The largest absolute Gasteiger partial charge is 0.481 e. The molecule has 0 heterocycles. The topological polar surface area (TPSA) is 86.6 Å². The van der Waals surface area contributed by atoms with Crippen LogP contribution in [0.2, 0.25) is 0 Å². The zero-order chi connectivity index (χ0) is 13.8. The summed E-state index contributed by atoms with van der Waals surface area (Å²) >= 11 is 0. The van der Waals surface area contributed by atoms with Gasteiger partial charge in [-0.15, -0.1) is 0 Å². The van der Waals surface area contributed by atoms with Gasteiger partial charge in [-0.05, 0) is 18.3 Å². The molecule has 1 amide bonds. The van der Waals surface area contributed by atoms with Crippen molar-refractivity contribution >= 4 is 11.9 Å². The molecule has 1 aliphatic carbocycles. The second kappa shape index (κ2) is 6.18. The molecule has 1 saturated carbocycles. The molecule has 0 aromatic heterocycles. The third-order valence-electron chi connectivity index (χ3n) is 3.51. The number of nitrogens with one attached hydrogen (secondary N) is 1. The maximum atomic E-state index is 11.9. The van der Waals surface area contributed by atoms with Crippen LogP contribution in [0.4, 0.5) is 0 Å². The summed E-state index contributed by atoms with van der Waals surface area (Å²) in [5, 5.41) is 20.9. The molecule has 18 heavy (non-hydrogen) atoms. The average molecular weight is 257 g/mol. The number of carboxylic acids is 1. The number of amides is 1. The Morgan fingerprint density at radius 2 is 1.94 bits per heavy atom. The van der Waals surface area contributed by atoms with Crippen molar-refractivity contribution in [2.24, 2.45) is 11.3 Å². The van der Waals surface area contributed by atoms with Gasteiger partial charge in [-0.25, -0.2) is 0 Å². The van der Waals surface area contributed by atoms with Gasteiger partial charge in [-0.2, -0.15) is 0 Å². The van der Waals surface area contributed by atoms with Crippen molar-refractivity contribution in [2.45, 2.75) is 52.0 Å². The first-order chi connectivity index (χ1) is 8.34. The van der Waals surface area contributed by atoms with E-state index in [-0.39, 0.29) is 37.3 Å². The molecule has 5 nitrogen and oxygen atoms in total. The number of hydrogen-bond acceptors (Lipinski definition) is 3. The van der Waals surface area contributed by atoms with Crippen molar-refractivity contribution < 1.29 is 19.8 Å². The Kier molecular flexibility index (Phi) is 5.14. The standard InChI is InChI=1S/C13H23NO4/c1-13(2,7-12(17)18)6-11(16)14-10-5-3-4-9(10)8-15/h9-10,15H,3-8H2,1-2H3,(H,14,16)(H,17,18). The molecule has 0 radical (unpaired) electrons. The highest BCUT2D eigenvalue weighted by molar-refractivity contribution is 5.78. The Morgan fingerprint density at radius 3 is 2.50 bits per heavy atom. The van der Waals surface area contributed by atoms with Crippen LogP contribution >= 0.6 is 0 Å². The fourth-order valence-electron chi connectivity index (χ4n) is 2.61. The molecule has 0 saturated heterocycles.